The van der Waals surface area contributed by atoms with Gasteiger partial charge in [-0.15, -0.1) is 0 Å². The minimum absolute atomic E-state index is 0.968. The van der Waals surface area contributed by atoms with Crippen LogP contribution in [0.1, 0.15) is 42.3 Å². The number of rotatable bonds is 0. The predicted octanol–water partition coefficient (Wildman–Crippen LogP) is 4.00. The standard InChI is InChI=1S/C7H10N2.C6H8N2.C4H4N2.C2H6/c1-5-4-8-6(2)7(3)9-5;1-5-3-8-6(2)4-7-5;1-2-6-4-3-5-1;1-2/h4H,1-3H3;3-4H,1-2H3;1-4H;1-2H3. The molecular weight excluding hydrogens is 312 g/mol. The zero-order valence-corrected chi connectivity index (χ0v) is 16.2. The average Bonchev–Trinajstić information content (AvgIpc) is 2.65. The fourth-order valence-electron chi connectivity index (χ4n) is 1.37. The Bertz CT molecular complexity index is 636. The Balaban J connectivity index is 0.000000334. The molecule has 0 atom stereocenters. The fourth-order valence-corrected chi connectivity index (χ4v) is 1.37. The molecule has 3 aromatic rings. The van der Waals surface area contributed by atoms with E-state index in [-0.39, 0.29) is 0 Å². The van der Waals surface area contributed by atoms with Crippen molar-refractivity contribution in [2.75, 3.05) is 0 Å². The first-order valence-electron chi connectivity index (χ1n) is 8.21. The van der Waals surface area contributed by atoms with Crippen LogP contribution < -0.4 is 0 Å². The van der Waals surface area contributed by atoms with Gasteiger partial charge in [0.05, 0.1) is 28.5 Å². The van der Waals surface area contributed by atoms with E-state index in [4.69, 9.17) is 0 Å². The van der Waals surface area contributed by atoms with Crippen molar-refractivity contribution < 1.29 is 0 Å². The molecule has 25 heavy (non-hydrogen) atoms. The van der Waals surface area contributed by atoms with Gasteiger partial charge < -0.3 is 0 Å². The van der Waals surface area contributed by atoms with E-state index in [9.17, 15) is 0 Å². The molecule has 0 saturated heterocycles. The van der Waals surface area contributed by atoms with Crippen molar-refractivity contribution in [1.82, 2.24) is 29.9 Å². The highest BCUT2D eigenvalue weighted by atomic mass is 14.8. The van der Waals surface area contributed by atoms with Gasteiger partial charge in [0, 0.05) is 43.4 Å². The van der Waals surface area contributed by atoms with Gasteiger partial charge in [-0.1, -0.05) is 13.8 Å². The lowest BCUT2D eigenvalue weighted by atomic mass is 10.3. The summed E-state index contributed by atoms with van der Waals surface area (Å²) in [6.07, 6.45) is 11.9. The van der Waals surface area contributed by atoms with Gasteiger partial charge in [-0.3, -0.25) is 29.9 Å². The van der Waals surface area contributed by atoms with E-state index in [1.165, 1.54) is 0 Å². The largest absolute Gasteiger partial charge is 0.262 e. The number of hydrogen-bond acceptors (Lipinski definition) is 6. The minimum atomic E-state index is 0.968. The number of nitrogens with zero attached hydrogens (tertiary/aromatic N) is 6. The fraction of sp³-hybridized carbons (Fsp3) is 0.368. The molecule has 0 aliphatic heterocycles. The van der Waals surface area contributed by atoms with Crippen molar-refractivity contribution in [2.45, 2.75) is 48.5 Å². The van der Waals surface area contributed by atoms with Crippen LogP contribution >= 0.6 is 0 Å². The summed E-state index contributed by atoms with van der Waals surface area (Å²) < 4.78 is 0. The summed E-state index contributed by atoms with van der Waals surface area (Å²) >= 11 is 0. The summed E-state index contributed by atoms with van der Waals surface area (Å²) in [6, 6.07) is 0. The second-order valence-electron chi connectivity index (χ2n) is 4.88. The van der Waals surface area contributed by atoms with Crippen LogP contribution in [0.5, 0.6) is 0 Å². The van der Waals surface area contributed by atoms with Gasteiger partial charge in [0.25, 0.3) is 0 Å². The summed E-state index contributed by atoms with van der Waals surface area (Å²) in [5.41, 5.74) is 4.96. The van der Waals surface area contributed by atoms with E-state index >= 15 is 0 Å². The molecule has 0 bridgehead atoms. The van der Waals surface area contributed by atoms with E-state index in [2.05, 4.69) is 29.9 Å². The quantitative estimate of drug-likeness (QED) is 0.615. The van der Waals surface area contributed by atoms with Gasteiger partial charge in [0.15, 0.2) is 0 Å². The summed E-state index contributed by atoms with van der Waals surface area (Å²) in [4.78, 5) is 23.8. The van der Waals surface area contributed by atoms with Gasteiger partial charge in [0.2, 0.25) is 0 Å². The van der Waals surface area contributed by atoms with E-state index in [1.807, 2.05) is 48.5 Å². The molecule has 0 unspecified atom stereocenters. The van der Waals surface area contributed by atoms with Crippen LogP contribution in [-0.4, -0.2) is 29.9 Å². The van der Waals surface area contributed by atoms with Crippen LogP contribution in [0.2, 0.25) is 0 Å². The molecule has 3 rings (SSSR count). The van der Waals surface area contributed by atoms with E-state index in [1.54, 1.807) is 43.4 Å². The molecule has 3 heterocycles. The molecular formula is C19H28N6. The van der Waals surface area contributed by atoms with Crippen molar-refractivity contribution in [3.05, 3.63) is 71.8 Å². The van der Waals surface area contributed by atoms with E-state index < -0.39 is 0 Å². The molecule has 0 aliphatic rings. The molecule has 0 aliphatic carbocycles. The first-order chi connectivity index (χ1) is 12.0. The Kier molecular flexibility index (Phi) is 12.2. The van der Waals surface area contributed by atoms with Crippen molar-refractivity contribution >= 4 is 0 Å². The van der Waals surface area contributed by atoms with Crippen molar-refractivity contribution in [2.24, 2.45) is 0 Å². The normalized spacial score (nSPS) is 8.60. The highest BCUT2D eigenvalue weighted by Crippen LogP contribution is 1.98. The smallest absolute Gasteiger partial charge is 0.0588 e. The van der Waals surface area contributed by atoms with Crippen LogP contribution in [0.3, 0.4) is 0 Å². The van der Waals surface area contributed by atoms with Crippen LogP contribution in [0.4, 0.5) is 0 Å². The third kappa shape index (κ3) is 11.4. The molecule has 0 aromatic carbocycles. The Morgan fingerprint density at radius 2 is 0.920 bits per heavy atom. The molecule has 0 fully saturated rings. The second kappa shape index (κ2) is 13.7. The molecule has 0 spiro atoms. The number of hydrogen-bond donors (Lipinski definition) is 0. The highest BCUT2D eigenvalue weighted by molar-refractivity contribution is 5.09. The second-order valence-corrected chi connectivity index (χ2v) is 4.88. The number of aryl methyl sites for hydroxylation is 5. The minimum Gasteiger partial charge on any atom is -0.262 e. The maximum absolute atomic E-state index is 4.21. The maximum Gasteiger partial charge on any atom is 0.0588 e. The maximum atomic E-state index is 4.21. The third-order valence-electron chi connectivity index (χ3n) is 2.70. The average molecular weight is 340 g/mol. The summed E-state index contributed by atoms with van der Waals surface area (Å²) in [5.74, 6) is 0. The topological polar surface area (TPSA) is 77.3 Å². The molecule has 6 nitrogen and oxygen atoms in total. The van der Waals surface area contributed by atoms with Crippen LogP contribution in [-0.2, 0) is 0 Å². The SMILES string of the molecule is CC.Cc1cnc(C)c(C)n1.Cc1cnc(C)cn1.c1cnccn1. The van der Waals surface area contributed by atoms with Crippen LogP contribution in [0, 0.1) is 34.6 Å². The Labute approximate surface area is 150 Å². The van der Waals surface area contributed by atoms with Crippen LogP contribution in [0.25, 0.3) is 0 Å². The van der Waals surface area contributed by atoms with Gasteiger partial charge in [-0.05, 0) is 34.6 Å². The van der Waals surface area contributed by atoms with Gasteiger partial charge in [-0.2, -0.15) is 0 Å². The Morgan fingerprint density at radius 3 is 1.20 bits per heavy atom. The molecule has 3 aromatic heterocycles. The number of aromatic nitrogens is 6. The lowest BCUT2D eigenvalue weighted by Crippen LogP contribution is -1.92. The van der Waals surface area contributed by atoms with E-state index in [0.29, 0.717) is 0 Å². The molecule has 0 amide bonds. The Morgan fingerprint density at radius 1 is 0.520 bits per heavy atom. The molecule has 6 heteroatoms. The van der Waals surface area contributed by atoms with Crippen molar-refractivity contribution in [1.29, 1.82) is 0 Å². The zero-order valence-electron chi connectivity index (χ0n) is 16.2. The lowest BCUT2D eigenvalue weighted by Gasteiger charge is -1.96. The zero-order chi connectivity index (χ0) is 19.1. The third-order valence-corrected chi connectivity index (χ3v) is 2.70. The predicted molar refractivity (Wildman–Crippen MR) is 101 cm³/mol. The van der Waals surface area contributed by atoms with Gasteiger partial charge >= 0.3 is 0 Å². The molecule has 0 radical (unpaired) electrons. The van der Waals surface area contributed by atoms with E-state index in [0.717, 1.165) is 28.5 Å². The summed E-state index contributed by atoms with van der Waals surface area (Å²) in [7, 11) is 0. The lowest BCUT2D eigenvalue weighted by molar-refractivity contribution is 1.00. The van der Waals surface area contributed by atoms with Crippen LogP contribution in [0.15, 0.2) is 43.4 Å². The monoisotopic (exact) mass is 340 g/mol. The molecule has 134 valence electrons. The van der Waals surface area contributed by atoms with Crippen molar-refractivity contribution in [3.8, 4) is 0 Å². The first kappa shape index (κ1) is 22.2. The highest BCUT2D eigenvalue weighted by Gasteiger charge is 1.92. The molecule has 0 N–H and O–H groups in total. The first-order valence-corrected chi connectivity index (χ1v) is 8.21. The van der Waals surface area contributed by atoms with Gasteiger partial charge in [-0.25, -0.2) is 0 Å². The summed E-state index contributed by atoms with van der Waals surface area (Å²) in [5, 5.41) is 0. The van der Waals surface area contributed by atoms with Gasteiger partial charge in [0.1, 0.15) is 0 Å². The Hall–Kier alpha value is -2.76. The summed E-state index contributed by atoms with van der Waals surface area (Å²) in [6.45, 7) is 13.7. The molecule has 0 saturated carbocycles. The van der Waals surface area contributed by atoms with Crippen molar-refractivity contribution in [3.63, 3.8) is 0 Å².